The summed E-state index contributed by atoms with van der Waals surface area (Å²) in [6.45, 7) is 1.80. The number of hydrogen-bond donors (Lipinski definition) is 2. The highest BCUT2D eigenvalue weighted by atomic mass is 16.6. The molecule has 110 valence electrons. The molecule has 2 rings (SSSR count). The lowest BCUT2D eigenvalue weighted by Crippen LogP contribution is -2.26. The van der Waals surface area contributed by atoms with Gasteiger partial charge in [-0.15, -0.1) is 0 Å². The maximum atomic E-state index is 11.2. The zero-order chi connectivity index (χ0) is 14.9. The molecule has 0 bridgehead atoms. The first kappa shape index (κ1) is 14.3. The first-order valence-electron chi connectivity index (χ1n) is 6.62. The summed E-state index contributed by atoms with van der Waals surface area (Å²) >= 11 is 0. The number of aryl methyl sites for hydroxylation is 2. The van der Waals surface area contributed by atoms with Crippen LogP contribution in [0.25, 0.3) is 0 Å². The van der Waals surface area contributed by atoms with Crippen molar-refractivity contribution in [3.63, 3.8) is 0 Å². The van der Waals surface area contributed by atoms with Crippen LogP contribution in [0.2, 0.25) is 0 Å². The van der Waals surface area contributed by atoms with Gasteiger partial charge in [-0.05, 0) is 25.2 Å². The third-order valence-corrected chi connectivity index (χ3v) is 3.52. The van der Waals surface area contributed by atoms with Gasteiger partial charge in [0.15, 0.2) is 0 Å². The lowest BCUT2D eigenvalue weighted by molar-refractivity contribution is -0.384. The fourth-order valence-electron chi connectivity index (χ4n) is 2.36. The monoisotopic (exact) mass is 282 g/mol. The van der Waals surface area contributed by atoms with Crippen molar-refractivity contribution in [1.29, 1.82) is 0 Å². The van der Waals surface area contributed by atoms with Gasteiger partial charge in [-0.25, -0.2) is 4.68 Å². The van der Waals surface area contributed by atoms with Gasteiger partial charge in [0.1, 0.15) is 5.69 Å². The van der Waals surface area contributed by atoms with E-state index in [9.17, 15) is 14.9 Å². The maximum absolute atomic E-state index is 11.2. The Kier molecular flexibility index (Phi) is 3.91. The fraction of sp³-hybridized carbons (Fsp3) is 0.667. The normalized spacial score (nSPS) is 15.9. The summed E-state index contributed by atoms with van der Waals surface area (Å²) in [7, 11) is 1.62. The highest BCUT2D eigenvalue weighted by molar-refractivity contribution is 5.69. The predicted octanol–water partition coefficient (Wildman–Crippen LogP) is 1.56. The number of aliphatic carboxylic acids is 1. The number of nitrogens with zero attached hydrogens (tertiary/aromatic N) is 3. The third-order valence-electron chi connectivity index (χ3n) is 3.52. The number of carboxylic acids is 1. The topological polar surface area (TPSA) is 110 Å². The molecule has 1 aromatic rings. The van der Waals surface area contributed by atoms with Crippen LogP contribution in [0.1, 0.15) is 31.9 Å². The van der Waals surface area contributed by atoms with E-state index in [1.807, 2.05) is 0 Å². The molecular formula is C12H18N4O4. The Bertz CT molecular complexity index is 536. The number of hydrogen-bond acceptors (Lipinski definition) is 5. The minimum atomic E-state index is -0.907. The van der Waals surface area contributed by atoms with E-state index in [1.54, 1.807) is 14.0 Å². The molecule has 20 heavy (non-hydrogen) atoms. The lowest BCUT2D eigenvalue weighted by Gasteiger charge is -2.16. The van der Waals surface area contributed by atoms with Crippen molar-refractivity contribution in [3.8, 4) is 0 Å². The van der Waals surface area contributed by atoms with E-state index in [4.69, 9.17) is 5.11 Å². The van der Waals surface area contributed by atoms with E-state index >= 15 is 0 Å². The highest BCUT2D eigenvalue weighted by Crippen LogP contribution is 2.38. The van der Waals surface area contributed by atoms with Crippen molar-refractivity contribution in [2.45, 2.75) is 38.6 Å². The highest BCUT2D eigenvalue weighted by Gasteiger charge is 2.36. The van der Waals surface area contributed by atoms with Crippen LogP contribution in [0.5, 0.6) is 0 Å². The number of anilines is 1. The van der Waals surface area contributed by atoms with Crippen molar-refractivity contribution >= 4 is 17.5 Å². The summed E-state index contributed by atoms with van der Waals surface area (Å²) in [5.74, 6) is -0.342. The summed E-state index contributed by atoms with van der Waals surface area (Å²) in [5, 5.41) is 27.3. The van der Waals surface area contributed by atoms with E-state index in [1.165, 1.54) is 4.68 Å². The van der Waals surface area contributed by atoms with Gasteiger partial charge in [0.2, 0.25) is 5.82 Å². The van der Waals surface area contributed by atoms with E-state index in [0.29, 0.717) is 17.9 Å². The summed E-state index contributed by atoms with van der Waals surface area (Å²) in [5.41, 5.74) is 0.357. The molecule has 1 atom stereocenters. The second-order valence-corrected chi connectivity index (χ2v) is 5.06. The van der Waals surface area contributed by atoms with Crippen LogP contribution < -0.4 is 5.32 Å². The Balaban J connectivity index is 2.28. The largest absolute Gasteiger partial charge is 0.481 e. The van der Waals surface area contributed by atoms with Crippen molar-refractivity contribution in [2.24, 2.45) is 13.0 Å². The molecule has 1 saturated carbocycles. The summed E-state index contributed by atoms with van der Waals surface area (Å²) in [4.78, 5) is 21.6. The van der Waals surface area contributed by atoms with Crippen molar-refractivity contribution in [1.82, 2.24) is 9.78 Å². The quantitative estimate of drug-likeness (QED) is 0.580. The van der Waals surface area contributed by atoms with E-state index in [2.05, 4.69) is 10.4 Å². The molecule has 0 aliphatic heterocycles. The molecule has 1 unspecified atom stereocenters. The van der Waals surface area contributed by atoms with Gasteiger partial charge in [0.25, 0.3) is 0 Å². The van der Waals surface area contributed by atoms with Gasteiger partial charge in [-0.1, -0.05) is 6.92 Å². The Morgan fingerprint density at radius 3 is 2.75 bits per heavy atom. The molecular weight excluding hydrogens is 264 g/mol. The summed E-state index contributed by atoms with van der Waals surface area (Å²) in [6.07, 6.45) is 2.32. The molecule has 0 saturated heterocycles. The van der Waals surface area contributed by atoms with Crippen molar-refractivity contribution < 1.29 is 14.8 Å². The van der Waals surface area contributed by atoms with Crippen LogP contribution in [0.15, 0.2) is 0 Å². The van der Waals surface area contributed by atoms with Crippen LogP contribution in [0.3, 0.4) is 0 Å². The molecule has 1 heterocycles. The third kappa shape index (κ3) is 2.89. The van der Waals surface area contributed by atoms with Crippen molar-refractivity contribution in [3.05, 3.63) is 15.8 Å². The standard InChI is InChI=1S/C12H18N4O4/c1-3-8-11(16(19)20)12(15(2)14-8)13-9(6-10(17)18)7-4-5-7/h7,9,13H,3-6H2,1-2H3,(H,17,18). The van der Waals surface area contributed by atoms with Gasteiger partial charge < -0.3 is 10.4 Å². The van der Waals surface area contributed by atoms with Gasteiger partial charge in [-0.2, -0.15) is 5.10 Å². The number of nitrogens with one attached hydrogen (secondary N) is 1. The zero-order valence-electron chi connectivity index (χ0n) is 11.5. The molecule has 0 amide bonds. The number of aromatic nitrogens is 2. The van der Waals surface area contributed by atoms with Crippen LogP contribution in [0, 0.1) is 16.0 Å². The first-order chi connectivity index (χ1) is 9.43. The molecule has 8 nitrogen and oxygen atoms in total. The maximum Gasteiger partial charge on any atom is 0.333 e. The van der Waals surface area contributed by atoms with Crippen LogP contribution >= 0.6 is 0 Å². The van der Waals surface area contributed by atoms with Gasteiger partial charge in [0.05, 0.1) is 11.3 Å². The van der Waals surface area contributed by atoms with E-state index in [-0.39, 0.29) is 24.1 Å². The molecule has 0 aromatic carbocycles. The SMILES string of the molecule is CCc1nn(C)c(NC(CC(=O)O)C2CC2)c1[N+](=O)[O-]. The molecule has 1 aromatic heterocycles. The predicted molar refractivity (Wildman–Crippen MR) is 71.6 cm³/mol. The summed E-state index contributed by atoms with van der Waals surface area (Å²) < 4.78 is 1.42. The minimum Gasteiger partial charge on any atom is -0.481 e. The second-order valence-electron chi connectivity index (χ2n) is 5.06. The van der Waals surface area contributed by atoms with Gasteiger partial charge >= 0.3 is 11.7 Å². The van der Waals surface area contributed by atoms with Gasteiger partial charge in [0, 0.05) is 13.1 Å². The molecule has 2 N–H and O–H groups in total. The zero-order valence-corrected chi connectivity index (χ0v) is 11.5. The molecule has 0 spiro atoms. The lowest BCUT2D eigenvalue weighted by atomic mass is 10.1. The number of carboxylic acid groups (broad SMARTS) is 1. The van der Waals surface area contributed by atoms with Gasteiger partial charge in [-0.3, -0.25) is 14.9 Å². The smallest absolute Gasteiger partial charge is 0.333 e. The molecule has 1 aliphatic rings. The van der Waals surface area contributed by atoms with E-state index in [0.717, 1.165) is 12.8 Å². The average Bonchev–Trinajstić information content (AvgIpc) is 3.14. The Labute approximate surface area is 115 Å². The number of rotatable bonds is 7. The first-order valence-corrected chi connectivity index (χ1v) is 6.62. The number of carbonyl (C=O) groups is 1. The second kappa shape index (κ2) is 5.48. The van der Waals surface area contributed by atoms with Crippen LogP contribution in [-0.4, -0.2) is 31.8 Å². The molecule has 0 radical (unpaired) electrons. The minimum absolute atomic E-state index is 0.0472. The Hall–Kier alpha value is -2.12. The molecule has 8 heteroatoms. The van der Waals surface area contributed by atoms with Crippen LogP contribution in [-0.2, 0) is 18.3 Å². The van der Waals surface area contributed by atoms with E-state index < -0.39 is 10.9 Å². The average molecular weight is 282 g/mol. The Morgan fingerprint density at radius 2 is 2.30 bits per heavy atom. The molecule has 1 aliphatic carbocycles. The number of nitro groups is 1. The van der Waals surface area contributed by atoms with Crippen molar-refractivity contribution in [2.75, 3.05) is 5.32 Å². The Morgan fingerprint density at radius 1 is 1.65 bits per heavy atom. The van der Waals surface area contributed by atoms with Crippen LogP contribution in [0.4, 0.5) is 11.5 Å². The summed E-state index contributed by atoms with van der Waals surface area (Å²) in [6, 6.07) is -0.286. The fourth-order valence-corrected chi connectivity index (χ4v) is 2.36. The molecule has 1 fully saturated rings.